The highest BCUT2D eigenvalue weighted by Gasteiger charge is 2.29. The lowest BCUT2D eigenvalue weighted by Gasteiger charge is -2.20. The number of carbonyl (C=O) groups is 2. The third-order valence-electron chi connectivity index (χ3n) is 4.95. The summed E-state index contributed by atoms with van der Waals surface area (Å²) in [5.41, 5.74) is 3.08. The van der Waals surface area contributed by atoms with Crippen molar-refractivity contribution in [3.63, 3.8) is 0 Å². The van der Waals surface area contributed by atoms with Crippen molar-refractivity contribution in [3.8, 4) is 0 Å². The third-order valence-corrected chi connectivity index (χ3v) is 4.95. The Morgan fingerprint density at radius 3 is 2.77 bits per heavy atom. The Kier molecular flexibility index (Phi) is 4.08. The molecule has 5 heteroatoms. The molecule has 1 unspecified atom stereocenters. The SMILES string of the molecule is Cc1c(C(=O)NC2CCN(C(C)C)C2)[nH]c2c1C(=O)CCC2. The van der Waals surface area contributed by atoms with Crippen LogP contribution in [0.4, 0.5) is 0 Å². The number of fused-ring (bicyclic) bond motifs is 1. The van der Waals surface area contributed by atoms with Crippen LogP contribution in [0.5, 0.6) is 0 Å². The van der Waals surface area contributed by atoms with Gasteiger partial charge in [0.25, 0.3) is 5.91 Å². The van der Waals surface area contributed by atoms with E-state index in [1.54, 1.807) is 0 Å². The van der Waals surface area contributed by atoms with Gasteiger partial charge in [0.1, 0.15) is 5.69 Å². The largest absolute Gasteiger partial charge is 0.354 e. The molecule has 0 bridgehead atoms. The molecule has 0 spiro atoms. The van der Waals surface area contributed by atoms with Crippen molar-refractivity contribution in [1.82, 2.24) is 15.2 Å². The molecule has 1 aromatic rings. The van der Waals surface area contributed by atoms with E-state index >= 15 is 0 Å². The minimum absolute atomic E-state index is 0.0738. The normalized spacial score (nSPS) is 22.2. The van der Waals surface area contributed by atoms with Gasteiger partial charge in [-0.1, -0.05) is 0 Å². The minimum Gasteiger partial charge on any atom is -0.354 e. The number of rotatable bonds is 3. The molecule has 1 atom stereocenters. The monoisotopic (exact) mass is 303 g/mol. The number of likely N-dealkylation sites (tertiary alicyclic amines) is 1. The fourth-order valence-electron chi connectivity index (χ4n) is 3.63. The molecule has 1 aliphatic heterocycles. The number of aromatic nitrogens is 1. The molecule has 0 aromatic carbocycles. The predicted molar refractivity (Wildman–Crippen MR) is 85.4 cm³/mol. The zero-order valence-corrected chi connectivity index (χ0v) is 13.7. The van der Waals surface area contributed by atoms with Gasteiger partial charge in [-0.05, 0) is 45.6 Å². The molecule has 120 valence electrons. The topological polar surface area (TPSA) is 65.2 Å². The fourth-order valence-corrected chi connectivity index (χ4v) is 3.63. The Hall–Kier alpha value is -1.62. The summed E-state index contributed by atoms with van der Waals surface area (Å²) in [6, 6.07) is 0.712. The number of H-pyrrole nitrogens is 1. The van der Waals surface area contributed by atoms with Crippen LogP contribution in [0.15, 0.2) is 0 Å². The quantitative estimate of drug-likeness (QED) is 0.898. The molecule has 1 amide bonds. The average molecular weight is 303 g/mol. The summed E-state index contributed by atoms with van der Waals surface area (Å²) in [5.74, 6) is 0.0937. The molecular weight excluding hydrogens is 278 g/mol. The first-order valence-electron chi connectivity index (χ1n) is 8.27. The van der Waals surface area contributed by atoms with Gasteiger partial charge in [0.2, 0.25) is 0 Å². The first-order chi connectivity index (χ1) is 10.5. The summed E-state index contributed by atoms with van der Waals surface area (Å²) in [7, 11) is 0. The fraction of sp³-hybridized carbons (Fsp3) is 0.647. The maximum atomic E-state index is 12.6. The van der Waals surface area contributed by atoms with Crippen molar-refractivity contribution in [2.75, 3.05) is 13.1 Å². The van der Waals surface area contributed by atoms with E-state index in [0.717, 1.165) is 49.2 Å². The molecule has 2 N–H and O–H groups in total. The lowest BCUT2D eigenvalue weighted by molar-refractivity contribution is 0.0931. The summed E-state index contributed by atoms with van der Waals surface area (Å²) in [4.78, 5) is 30.2. The van der Waals surface area contributed by atoms with Gasteiger partial charge in [-0.3, -0.25) is 14.5 Å². The highest BCUT2D eigenvalue weighted by molar-refractivity contribution is 6.04. The van der Waals surface area contributed by atoms with Crippen LogP contribution in [0.25, 0.3) is 0 Å². The molecule has 1 fully saturated rings. The molecule has 0 radical (unpaired) electrons. The summed E-state index contributed by atoms with van der Waals surface area (Å²) < 4.78 is 0. The van der Waals surface area contributed by atoms with Gasteiger partial charge >= 0.3 is 0 Å². The van der Waals surface area contributed by atoms with Crippen molar-refractivity contribution >= 4 is 11.7 Å². The van der Waals surface area contributed by atoms with E-state index in [9.17, 15) is 9.59 Å². The zero-order valence-electron chi connectivity index (χ0n) is 13.7. The van der Waals surface area contributed by atoms with Crippen LogP contribution in [0.2, 0.25) is 0 Å². The maximum absolute atomic E-state index is 12.6. The molecule has 0 saturated carbocycles. The van der Waals surface area contributed by atoms with E-state index in [-0.39, 0.29) is 17.7 Å². The van der Waals surface area contributed by atoms with Crippen LogP contribution in [-0.2, 0) is 6.42 Å². The molecule has 2 aliphatic rings. The predicted octanol–water partition coefficient (Wildman–Crippen LogP) is 2.05. The molecular formula is C17H25N3O2. The number of nitrogens with one attached hydrogen (secondary N) is 2. The molecule has 2 heterocycles. The van der Waals surface area contributed by atoms with Crippen molar-refractivity contribution < 1.29 is 9.59 Å². The first kappa shape index (κ1) is 15.3. The summed E-state index contributed by atoms with van der Waals surface area (Å²) in [6.07, 6.45) is 3.32. The van der Waals surface area contributed by atoms with Gasteiger partial charge in [0, 0.05) is 42.9 Å². The average Bonchev–Trinajstić information content (AvgIpc) is 3.05. The third kappa shape index (κ3) is 2.70. The van der Waals surface area contributed by atoms with E-state index in [1.165, 1.54) is 0 Å². The Morgan fingerprint density at radius 1 is 1.36 bits per heavy atom. The van der Waals surface area contributed by atoms with Crippen molar-refractivity contribution in [3.05, 3.63) is 22.5 Å². The molecule has 1 saturated heterocycles. The molecule has 22 heavy (non-hydrogen) atoms. The number of hydrogen-bond acceptors (Lipinski definition) is 3. The summed E-state index contributed by atoms with van der Waals surface area (Å²) in [5, 5.41) is 3.12. The van der Waals surface area contributed by atoms with Gasteiger partial charge < -0.3 is 10.3 Å². The van der Waals surface area contributed by atoms with E-state index < -0.39 is 0 Å². The van der Waals surface area contributed by atoms with Crippen molar-refractivity contribution in [2.45, 2.75) is 58.5 Å². The maximum Gasteiger partial charge on any atom is 0.268 e. The minimum atomic E-state index is -0.0738. The number of Topliss-reactive ketones (excluding diaryl/α,β-unsaturated/α-hetero) is 1. The summed E-state index contributed by atoms with van der Waals surface area (Å²) >= 11 is 0. The number of hydrogen-bond donors (Lipinski definition) is 2. The number of nitrogens with zero attached hydrogens (tertiary/aromatic N) is 1. The number of aromatic amines is 1. The van der Waals surface area contributed by atoms with Crippen LogP contribution in [-0.4, -0.2) is 46.7 Å². The van der Waals surface area contributed by atoms with Gasteiger partial charge in [0.15, 0.2) is 5.78 Å². The van der Waals surface area contributed by atoms with Crippen LogP contribution >= 0.6 is 0 Å². The second-order valence-electron chi connectivity index (χ2n) is 6.80. The second kappa shape index (κ2) is 5.88. The first-order valence-corrected chi connectivity index (χ1v) is 8.27. The highest BCUT2D eigenvalue weighted by Crippen LogP contribution is 2.26. The molecule has 1 aromatic heterocycles. The van der Waals surface area contributed by atoms with Crippen molar-refractivity contribution in [1.29, 1.82) is 0 Å². The van der Waals surface area contributed by atoms with E-state index in [4.69, 9.17) is 0 Å². The van der Waals surface area contributed by atoms with Crippen LogP contribution in [0.3, 0.4) is 0 Å². The lowest BCUT2D eigenvalue weighted by atomic mass is 9.94. The Balaban J connectivity index is 1.72. The Bertz CT molecular complexity index is 603. The van der Waals surface area contributed by atoms with E-state index in [2.05, 4.69) is 29.0 Å². The Morgan fingerprint density at radius 2 is 2.14 bits per heavy atom. The van der Waals surface area contributed by atoms with Crippen LogP contribution < -0.4 is 5.32 Å². The van der Waals surface area contributed by atoms with Gasteiger partial charge in [-0.15, -0.1) is 0 Å². The number of amides is 1. The number of ketones is 1. The Labute approximate surface area is 131 Å². The smallest absolute Gasteiger partial charge is 0.268 e. The van der Waals surface area contributed by atoms with Crippen LogP contribution in [0, 0.1) is 6.92 Å². The molecule has 3 rings (SSSR count). The molecule has 5 nitrogen and oxygen atoms in total. The second-order valence-corrected chi connectivity index (χ2v) is 6.80. The van der Waals surface area contributed by atoms with Gasteiger partial charge in [0.05, 0.1) is 0 Å². The van der Waals surface area contributed by atoms with E-state index in [1.807, 2.05) is 6.92 Å². The lowest BCUT2D eigenvalue weighted by Crippen LogP contribution is -2.38. The number of carbonyl (C=O) groups excluding carboxylic acids is 2. The standard InChI is InChI=1S/C17H25N3O2/c1-10(2)20-8-7-12(9-20)18-17(22)16-11(3)15-13(19-16)5-4-6-14(15)21/h10,12,19H,4-9H2,1-3H3,(H,18,22). The molecule has 1 aliphatic carbocycles. The highest BCUT2D eigenvalue weighted by atomic mass is 16.2. The number of aryl methyl sites for hydroxylation is 1. The van der Waals surface area contributed by atoms with E-state index in [0.29, 0.717) is 18.2 Å². The van der Waals surface area contributed by atoms with Crippen LogP contribution in [0.1, 0.15) is 65.2 Å². The van der Waals surface area contributed by atoms with Crippen molar-refractivity contribution in [2.24, 2.45) is 0 Å². The van der Waals surface area contributed by atoms with Gasteiger partial charge in [-0.25, -0.2) is 0 Å². The summed E-state index contributed by atoms with van der Waals surface area (Å²) in [6.45, 7) is 8.17. The zero-order chi connectivity index (χ0) is 15.9. The van der Waals surface area contributed by atoms with Gasteiger partial charge in [-0.2, -0.15) is 0 Å².